The molecule has 1 aromatic carbocycles. The van der Waals surface area contributed by atoms with Gasteiger partial charge in [-0.05, 0) is 36.8 Å². The Labute approximate surface area is 150 Å². The third-order valence-electron chi connectivity index (χ3n) is 3.65. The van der Waals surface area contributed by atoms with E-state index >= 15 is 0 Å². The summed E-state index contributed by atoms with van der Waals surface area (Å²) in [6.07, 6.45) is 2.69. The average molecular weight is 407 g/mol. The summed E-state index contributed by atoms with van der Waals surface area (Å²) in [5.41, 5.74) is 6.22. The van der Waals surface area contributed by atoms with Crippen LogP contribution in [0.25, 0.3) is 0 Å². The van der Waals surface area contributed by atoms with Crippen LogP contribution in [0.5, 0.6) is 0 Å². The van der Waals surface area contributed by atoms with Gasteiger partial charge in [-0.25, -0.2) is 4.98 Å². The first-order chi connectivity index (χ1) is 12.3. The van der Waals surface area contributed by atoms with E-state index in [4.69, 9.17) is 10.3 Å². The van der Waals surface area contributed by atoms with E-state index in [-0.39, 0.29) is 29.6 Å². The maximum Gasteiger partial charge on any atom is 0.310 e. The molecule has 0 spiro atoms. The highest BCUT2D eigenvalue weighted by Crippen LogP contribution is 3.02. The molecule has 0 bridgehead atoms. The minimum atomic E-state index is -9.78. The molecule has 0 amide bonds. The summed E-state index contributed by atoms with van der Waals surface area (Å²) in [4.78, 5) is 7.32. The average Bonchev–Trinajstić information content (AvgIpc) is 3.04. The Morgan fingerprint density at radius 2 is 1.85 bits per heavy atom. The fourth-order valence-corrected chi connectivity index (χ4v) is 3.18. The van der Waals surface area contributed by atoms with E-state index in [2.05, 4.69) is 15.1 Å². The summed E-state index contributed by atoms with van der Waals surface area (Å²) in [7, 11) is -9.78. The fourth-order valence-electron chi connectivity index (χ4n) is 2.46. The van der Waals surface area contributed by atoms with E-state index in [9.17, 15) is 19.4 Å². The van der Waals surface area contributed by atoms with Gasteiger partial charge < -0.3 is 15.2 Å². The predicted octanol–water partition coefficient (Wildman–Crippen LogP) is 5.35. The number of aromatic nitrogens is 3. The molecule has 3 rings (SSSR count). The number of anilines is 3. The number of aryl methyl sites for hydroxylation is 1. The molecule has 2 heterocycles. The van der Waals surface area contributed by atoms with Gasteiger partial charge in [-0.3, -0.25) is 0 Å². The van der Waals surface area contributed by atoms with Gasteiger partial charge >= 0.3 is 10.2 Å². The van der Waals surface area contributed by atoms with Crippen LogP contribution < -0.4 is 10.6 Å². The summed E-state index contributed by atoms with van der Waals surface area (Å²) in [6, 6.07) is 4.76. The Morgan fingerprint density at radius 1 is 1.11 bits per heavy atom. The van der Waals surface area contributed by atoms with Crippen LogP contribution in [0.2, 0.25) is 0 Å². The zero-order chi connectivity index (χ0) is 19.9. The van der Waals surface area contributed by atoms with E-state index < -0.39 is 15.1 Å². The molecular weight excluding hydrogens is 393 g/mol. The zero-order valence-electron chi connectivity index (χ0n) is 13.8. The lowest BCUT2D eigenvalue weighted by molar-refractivity contribution is 0.364. The van der Waals surface area contributed by atoms with Crippen molar-refractivity contribution in [1.29, 1.82) is 0 Å². The Kier molecular flexibility index (Phi) is 3.88. The second-order valence-electron chi connectivity index (χ2n) is 5.77. The second kappa shape index (κ2) is 5.55. The van der Waals surface area contributed by atoms with E-state index in [1.165, 1.54) is 30.4 Å². The molecule has 2 N–H and O–H groups in total. The summed E-state index contributed by atoms with van der Waals surface area (Å²) in [5.74, 6) is 0.202. The minimum absolute atomic E-state index is 0.0265. The van der Waals surface area contributed by atoms with Crippen molar-refractivity contribution in [2.75, 3.05) is 10.6 Å². The smallest absolute Gasteiger partial charge is 0.310 e. The first-order valence-corrected chi connectivity index (χ1v) is 9.39. The van der Waals surface area contributed by atoms with E-state index in [1.54, 1.807) is 6.07 Å². The first-order valence-electron chi connectivity index (χ1n) is 7.43. The van der Waals surface area contributed by atoms with Gasteiger partial charge in [0.25, 0.3) is 0 Å². The third-order valence-corrected chi connectivity index (χ3v) is 4.80. The maximum atomic E-state index is 13.1. The quantitative estimate of drug-likeness (QED) is 0.574. The van der Waals surface area contributed by atoms with Gasteiger partial charge in [-0.15, -0.1) is 0 Å². The van der Waals surface area contributed by atoms with Crippen LogP contribution in [0.3, 0.4) is 0 Å². The fraction of sp³-hybridized carbons (Fsp3) is 0.133. The molecule has 0 atom stereocenters. The van der Waals surface area contributed by atoms with Crippen LogP contribution >= 0.6 is 10.2 Å². The standard InChI is InChI=1S/C15H14F5N5OS/c1-10-8-12(27(16,17,18,19)20)2-3-13(10)25(9-11-5-7-26-24-11)14-4-6-22-15(21)23-14/h2-8H,9H2,1H3,(H2,21,22,23). The molecule has 0 fully saturated rings. The Morgan fingerprint density at radius 3 is 2.41 bits per heavy atom. The number of nitrogens with two attached hydrogens (primary N) is 1. The van der Waals surface area contributed by atoms with Crippen molar-refractivity contribution in [3.8, 4) is 0 Å². The number of nitrogen functional groups attached to an aromatic ring is 1. The highest BCUT2D eigenvalue weighted by molar-refractivity contribution is 8.45. The van der Waals surface area contributed by atoms with Crippen molar-refractivity contribution >= 4 is 27.7 Å². The van der Waals surface area contributed by atoms with Crippen molar-refractivity contribution < 1.29 is 24.0 Å². The lowest BCUT2D eigenvalue weighted by Crippen LogP contribution is -2.20. The van der Waals surface area contributed by atoms with Gasteiger partial charge in [0.2, 0.25) is 5.95 Å². The summed E-state index contributed by atoms with van der Waals surface area (Å²) >= 11 is 0. The van der Waals surface area contributed by atoms with Crippen LogP contribution in [0.1, 0.15) is 11.3 Å². The Bertz CT molecular complexity index is 979. The van der Waals surface area contributed by atoms with Gasteiger partial charge in [0.05, 0.1) is 6.54 Å². The van der Waals surface area contributed by atoms with Crippen molar-refractivity contribution in [2.45, 2.75) is 18.4 Å². The summed E-state index contributed by atoms with van der Waals surface area (Å²) < 4.78 is 70.1. The van der Waals surface area contributed by atoms with Crippen LogP contribution in [-0.4, -0.2) is 15.1 Å². The monoisotopic (exact) mass is 407 g/mol. The molecule has 27 heavy (non-hydrogen) atoms. The van der Waals surface area contributed by atoms with Gasteiger partial charge in [-0.1, -0.05) is 24.6 Å². The predicted molar refractivity (Wildman–Crippen MR) is 91.4 cm³/mol. The largest absolute Gasteiger partial charge is 0.368 e. The topological polar surface area (TPSA) is 81.1 Å². The Balaban J connectivity index is 2.10. The maximum absolute atomic E-state index is 13.1. The van der Waals surface area contributed by atoms with Crippen LogP contribution in [0, 0.1) is 6.92 Å². The molecule has 0 unspecified atom stereocenters. The molecule has 0 aliphatic carbocycles. The van der Waals surface area contributed by atoms with E-state index in [0.29, 0.717) is 17.8 Å². The van der Waals surface area contributed by atoms with E-state index in [0.717, 1.165) is 6.07 Å². The molecule has 0 radical (unpaired) electrons. The van der Waals surface area contributed by atoms with Gasteiger partial charge in [-0.2, -0.15) is 4.98 Å². The first kappa shape index (κ1) is 18.9. The highest BCUT2D eigenvalue weighted by atomic mass is 32.5. The molecule has 0 saturated carbocycles. The minimum Gasteiger partial charge on any atom is -0.368 e. The number of hydrogen-bond donors (Lipinski definition) is 1. The highest BCUT2D eigenvalue weighted by Gasteiger charge is 2.65. The van der Waals surface area contributed by atoms with Gasteiger partial charge in [0.1, 0.15) is 22.7 Å². The van der Waals surface area contributed by atoms with Crippen LogP contribution in [0.15, 0.2) is 52.2 Å². The molecule has 0 aliphatic rings. The van der Waals surface area contributed by atoms with Crippen molar-refractivity contribution in [3.63, 3.8) is 0 Å². The number of hydrogen-bond acceptors (Lipinski definition) is 6. The normalized spacial score (nSPS) is 14.4. The number of benzene rings is 1. The van der Waals surface area contributed by atoms with Crippen molar-refractivity contribution in [2.24, 2.45) is 0 Å². The summed E-state index contributed by atoms with van der Waals surface area (Å²) in [5, 5.41) is 3.75. The van der Waals surface area contributed by atoms with E-state index in [1.807, 2.05) is 0 Å². The molecule has 2 aromatic heterocycles. The molecule has 12 heteroatoms. The molecule has 6 nitrogen and oxygen atoms in total. The van der Waals surface area contributed by atoms with Crippen LogP contribution in [0.4, 0.5) is 36.9 Å². The molecule has 3 aromatic rings. The van der Waals surface area contributed by atoms with Gasteiger partial charge in [0.15, 0.2) is 0 Å². The molecular formula is C15H14F5N5OS. The lowest BCUT2D eigenvalue weighted by atomic mass is 10.1. The number of halogens is 5. The molecule has 146 valence electrons. The number of rotatable bonds is 5. The van der Waals surface area contributed by atoms with Crippen LogP contribution in [-0.2, 0) is 6.54 Å². The summed E-state index contributed by atoms with van der Waals surface area (Å²) in [6.45, 7) is 1.35. The zero-order valence-corrected chi connectivity index (χ0v) is 14.6. The lowest BCUT2D eigenvalue weighted by Gasteiger charge is -2.41. The molecule has 0 aliphatic heterocycles. The SMILES string of the molecule is Cc1cc(S(F)(F)(F)(F)F)ccc1N(Cc1ccon1)c1ccnc(N)n1. The van der Waals surface area contributed by atoms with Crippen molar-refractivity contribution in [1.82, 2.24) is 15.1 Å². The Hall–Kier alpha value is -2.89. The third kappa shape index (κ3) is 4.27. The van der Waals surface area contributed by atoms with Crippen molar-refractivity contribution in [3.05, 3.63) is 54.0 Å². The van der Waals surface area contributed by atoms with Gasteiger partial charge in [0, 0.05) is 18.0 Å². The number of nitrogens with zero attached hydrogens (tertiary/aromatic N) is 4. The second-order valence-corrected chi connectivity index (χ2v) is 8.18. The molecule has 0 saturated heterocycles.